The van der Waals surface area contributed by atoms with Crippen molar-refractivity contribution in [3.05, 3.63) is 46.7 Å². The molecule has 2 rings (SSSR count). The van der Waals surface area contributed by atoms with Crippen LogP contribution in [0.15, 0.2) is 30.5 Å². The Balaban J connectivity index is 2.21. The molecule has 0 fully saturated rings. The second-order valence-electron chi connectivity index (χ2n) is 4.47. The molecular formula is C15H16ClN3O2. The number of nitrogens with one attached hydrogen (secondary N) is 1. The maximum Gasteiger partial charge on any atom is 0.258 e. The van der Waals surface area contributed by atoms with Crippen LogP contribution in [0.4, 0.5) is 11.4 Å². The number of carbonyl (C=O) groups is 1. The number of aromatic nitrogens is 1. The summed E-state index contributed by atoms with van der Waals surface area (Å²) in [6.07, 6.45) is 1.40. The second-order valence-corrected chi connectivity index (χ2v) is 4.83. The van der Waals surface area contributed by atoms with E-state index < -0.39 is 0 Å². The number of ether oxygens (including phenoxy) is 1. The van der Waals surface area contributed by atoms with Gasteiger partial charge >= 0.3 is 0 Å². The van der Waals surface area contributed by atoms with Crippen LogP contribution in [-0.2, 0) is 0 Å². The van der Waals surface area contributed by atoms with E-state index in [1.807, 2.05) is 19.9 Å². The van der Waals surface area contributed by atoms with Gasteiger partial charge in [0.1, 0.15) is 10.9 Å². The minimum Gasteiger partial charge on any atom is -0.494 e. The normalized spacial score (nSPS) is 10.2. The van der Waals surface area contributed by atoms with Crippen molar-refractivity contribution in [3.8, 4) is 5.75 Å². The summed E-state index contributed by atoms with van der Waals surface area (Å²) in [5.41, 5.74) is 7.82. The van der Waals surface area contributed by atoms with Gasteiger partial charge in [0.15, 0.2) is 0 Å². The number of nitrogens with two attached hydrogens (primary N) is 1. The van der Waals surface area contributed by atoms with E-state index in [1.165, 1.54) is 12.3 Å². The standard InChI is InChI=1S/C15H16ClN3O2/c1-3-21-11-4-5-13(9(2)6-11)19-15(20)12-7-10(17)8-18-14(12)16/h4-8H,3,17H2,1-2H3,(H,19,20). The van der Waals surface area contributed by atoms with Crippen LogP contribution in [0.25, 0.3) is 0 Å². The van der Waals surface area contributed by atoms with Gasteiger partial charge in [-0.05, 0) is 43.7 Å². The molecule has 1 aromatic heterocycles. The number of halogens is 1. The first-order valence-corrected chi connectivity index (χ1v) is 6.85. The quantitative estimate of drug-likeness (QED) is 0.850. The maximum absolute atomic E-state index is 12.2. The summed E-state index contributed by atoms with van der Waals surface area (Å²) in [5.74, 6) is 0.406. The predicted octanol–water partition coefficient (Wildman–Crippen LogP) is 3.28. The minimum absolute atomic E-state index is 0.116. The Morgan fingerprint density at radius 1 is 1.43 bits per heavy atom. The van der Waals surface area contributed by atoms with E-state index in [1.54, 1.807) is 12.1 Å². The Morgan fingerprint density at radius 2 is 2.19 bits per heavy atom. The molecule has 3 N–H and O–H groups in total. The number of aryl methyl sites for hydroxylation is 1. The van der Waals surface area contributed by atoms with Gasteiger partial charge in [-0.15, -0.1) is 0 Å². The fourth-order valence-corrected chi connectivity index (χ4v) is 2.04. The van der Waals surface area contributed by atoms with E-state index in [0.717, 1.165) is 11.3 Å². The number of hydrogen-bond donors (Lipinski definition) is 2. The van der Waals surface area contributed by atoms with Gasteiger partial charge < -0.3 is 15.8 Å². The molecule has 1 amide bonds. The number of benzene rings is 1. The fourth-order valence-electron chi connectivity index (χ4n) is 1.85. The van der Waals surface area contributed by atoms with Crippen molar-refractivity contribution in [2.24, 2.45) is 0 Å². The summed E-state index contributed by atoms with van der Waals surface area (Å²) in [7, 11) is 0. The number of rotatable bonds is 4. The summed E-state index contributed by atoms with van der Waals surface area (Å²) >= 11 is 5.92. The molecule has 6 heteroatoms. The maximum atomic E-state index is 12.2. The highest BCUT2D eigenvalue weighted by Gasteiger charge is 2.13. The predicted molar refractivity (Wildman–Crippen MR) is 84.0 cm³/mol. The summed E-state index contributed by atoms with van der Waals surface area (Å²) in [6, 6.07) is 6.93. The highest BCUT2D eigenvalue weighted by atomic mass is 35.5. The molecule has 0 saturated heterocycles. The van der Waals surface area contributed by atoms with E-state index in [0.29, 0.717) is 18.0 Å². The first-order chi connectivity index (χ1) is 10.0. The van der Waals surface area contributed by atoms with Crippen molar-refractivity contribution < 1.29 is 9.53 Å². The lowest BCUT2D eigenvalue weighted by atomic mass is 10.1. The van der Waals surface area contributed by atoms with E-state index in [9.17, 15) is 4.79 Å². The van der Waals surface area contributed by atoms with Crippen molar-refractivity contribution in [2.45, 2.75) is 13.8 Å². The van der Waals surface area contributed by atoms with Crippen molar-refractivity contribution in [2.75, 3.05) is 17.7 Å². The van der Waals surface area contributed by atoms with Crippen LogP contribution in [0.1, 0.15) is 22.8 Å². The molecule has 0 saturated carbocycles. The van der Waals surface area contributed by atoms with Crippen LogP contribution in [-0.4, -0.2) is 17.5 Å². The molecule has 0 aliphatic heterocycles. The second kappa shape index (κ2) is 6.45. The monoisotopic (exact) mass is 305 g/mol. The molecule has 110 valence electrons. The number of nitrogen functional groups attached to an aromatic ring is 1. The van der Waals surface area contributed by atoms with Crippen LogP contribution in [0.3, 0.4) is 0 Å². The number of nitrogens with zero attached hydrogens (tertiary/aromatic N) is 1. The van der Waals surface area contributed by atoms with Gasteiger partial charge in [0.2, 0.25) is 0 Å². The lowest BCUT2D eigenvalue weighted by Gasteiger charge is -2.11. The molecule has 0 aliphatic carbocycles. The van der Waals surface area contributed by atoms with Crippen LogP contribution < -0.4 is 15.8 Å². The molecule has 0 bridgehead atoms. The number of pyridine rings is 1. The molecule has 0 radical (unpaired) electrons. The molecule has 1 heterocycles. The van der Waals surface area contributed by atoms with Crippen LogP contribution >= 0.6 is 11.6 Å². The topological polar surface area (TPSA) is 77.2 Å². The van der Waals surface area contributed by atoms with Gasteiger partial charge in [-0.1, -0.05) is 11.6 Å². The number of carbonyl (C=O) groups excluding carboxylic acids is 1. The molecule has 1 aromatic carbocycles. The number of amides is 1. The lowest BCUT2D eigenvalue weighted by molar-refractivity contribution is 0.102. The zero-order valence-electron chi connectivity index (χ0n) is 11.8. The Labute approximate surface area is 128 Å². The van der Waals surface area contributed by atoms with Gasteiger partial charge in [0.25, 0.3) is 5.91 Å². The third-order valence-corrected chi connectivity index (χ3v) is 3.16. The number of anilines is 2. The third-order valence-electron chi connectivity index (χ3n) is 2.86. The fraction of sp³-hybridized carbons (Fsp3) is 0.200. The summed E-state index contributed by atoms with van der Waals surface area (Å²) in [6.45, 7) is 4.40. The highest BCUT2D eigenvalue weighted by molar-refractivity contribution is 6.33. The SMILES string of the molecule is CCOc1ccc(NC(=O)c2cc(N)cnc2Cl)c(C)c1. The molecule has 0 unspecified atom stereocenters. The van der Waals surface area contributed by atoms with Crippen LogP contribution in [0.2, 0.25) is 5.15 Å². The Kier molecular flexibility index (Phi) is 4.65. The molecule has 0 aliphatic rings. The smallest absolute Gasteiger partial charge is 0.258 e. The molecule has 2 aromatic rings. The van der Waals surface area contributed by atoms with Crippen molar-refractivity contribution in [1.29, 1.82) is 0 Å². The van der Waals surface area contributed by atoms with Crippen molar-refractivity contribution in [3.63, 3.8) is 0 Å². The molecule has 0 atom stereocenters. The first kappa shape index (κ1) is 15.1. The van der Waals surface area contributed by atoms with Gasteiger partial charge in [0.05, 0.1) is 24.1 Å². The Morgan fingerprint density at radius 3 is 2.86 bits per heavy atom. The van der Waals surface area contributed by atoms with Gasteiger partial charge in [-0.2, -0.15) is 0 Å². The van der Waals surface area contributed by atoms with Crippen molar-refractivity contribution >= 4 is 28.9 Å². The average Bonchev–Trinajstić information content (AvgIpc) is 2.44. The van der Waals surface area contributed by atoms with Crippen molar-refractivity contribution in [1.82, 2.24) is 4.98 Å². The Hall–Kier alpha value is -2.27. The average molecular weight is 306 g/mol. The molecule has 5 nitrogen and oxygen atoms in total. The summed E-state index contributed by atoms with van der Waals surface area (Å²) < 4.78 is 5.41. The molecular weight excluding hydrogens is 290 g/mol. The van der Waals surface area contributed by atoms with E-state index in [2.05, 4.69) is 10.3 Å². The lowest BCUT2D eigenvalue weighted by Crippen LogP contribution is -2.14. The largest absolute Gasteiger partial charge is 0.494 e. The highest BCUT2D eigenvalue weighted by Crippen LogP contribution is 2.23. The van der Waals surface area contributed by atoms with Crippen LogP contribution in [0, 0.1) is 6.92 Å². The minimum atomic E-state index is -0.355. The zero-order valence-corrected chi connectivity index (χ0v) is 12.6. The van der Waals surface area contributed by atoms with Gasteiger partial charge in [-0.3, -0.25) is 4.79 Å². The summed E-state index contributed by atoms with van der Waals surface area (Å²) in [5, 5.41) is 2.91. The van der Waals surface area contributed by atoms with E-state index >= 15 is 0 Å². The van der Waals surface area contributed by atoms with E-state index in [4.69, 9.17) is 22.1 Å². The molecule has 0 spiro atoms. The van der Waals surface area contributed by atoms with E-state index in [-0.39, 0.29) is 16.6 Å². The number of hydrogen-bond acceptors (Lipinski definition) is 4. The third kappa shape index (κ3) is 3.64. The molecule has 21 heavy (non-hydrogen) atoms. The summed E-state index contributed by atoms with van der Waals surface area (Å²) in [4.78, 5) is 16.1. The van der Waals surface area contributed by atoms with Gasteiger partial charge in [-0.25, -0.2) is 4.98 Å². The zero-order chi connectivity index (χ0) is 15.4. The first-order valence-electron chi connectivity index (χ1n) is 6.47. The van der Waals surface area contributed by atoms with Gasteiger partial charge in [0, 0.05) is 5.69 Å². The van der Waals surface area contributed by atoms with Crippen LogP contribution in [0.5, 0.6) is 5.75 Å². The Bertz CT molecular complexity index is 674.